The Balaban J connectivity index is 0.882. The molecule has 21 heteroatoms. The van der Waals surface area contributed by atoms with Gasteiger partial charge < -0.3 is 55.8 Å². The lowest BCUT2D eigenvalue weighted by Crippen LogP contribution is -2.57. The van der Waals surface area contributed by atoms with Crippen LogP contribution in [0.15, 0.2) is 95.8 Å². The van der Waals surface area contributed by atoms with E-state index in [-0.39, 0.29) is 86.0 Å². The Hall–Kier alpha value is -8.82. The molecule has 0 saturated heterocycles. The number of aromatic nitrogens is 2. The van der Waals surface area contributed by atoms with Crippen molar-refractivity contribution in [3.8, 4) is 22.5 Å². The van der Waals surface area contributed by atoms with Crippen LogP contribution in [0.1, 0.15) is 103 Å². The number of aliphatic hydroxyl groups is 1. The fourth-order valence-electron chi connectivity index (χ4n) is 11.7. The van der Waals surface area contributed by atoms with Crippen molar-refractivity contribution in [1.29, 1.82) is 0 Å². The molecule has 4 aromatic carbocycles. The van der Waals surface area contributed by atoms with E-state index in [1.807, 2.05) is 48.5 Å². The molecule has 0 saturated carbocycles. The van der Waals surface area contributed by atoms with E-state index in [9.17, 15) is 38.7 Å². The number of carbonyl (C=O) groups excluding carboxylic acids is 7. The van der Waals surface area contributed by atoms with Gasteiger partial charge in [0.1, 0.15) is 37.7 Å². The van der Waals surface area contributed by atoms with E-state index in [0.717, 1.165) is 22.3 Å². The van der Waals surface area contributed by atoms with Gasteiger partial charge in [0.25, 0.3) is 5.56 Å². The van der Waals surface area contributed by atoms with Crippen LogP contribution < -0.4 is 32.6 Å². The maximum absolute atomic E-state index is 15.9. The van der Waals surface area contributed by atoms with Crippen molar-refractivity contribution in [2.24, 2.45) is 5.73 Å². The summed E-state index contributed by atoms with van der Waals surface area (Å²) in [5.74, 6) is -5.66. The van der Waals surface area contributed by atoms with E-state index in [4.69, 9.17) is 24.9 Å². The molecule has 0 bridgehead atoms. The van der Waals surface area contributed by atoms with Gasteiger partial charge in [-0.1, -0.05) is 85.8 Å². The second-order valence-corrected chi connectivity index (χ2v) is 22.0. The molecule has 0 fully saturated rings. The first-order valence-corrected chi connectivity index (χ1v) is 27.2. The Morgan fingerprint density at radius 2 is 1.56 bits per heavy atom. The van der Waals surface area contributed by atoms with Gasteiger partial charge in [0.15, 0.2) is 5.60 Å². The van der Waals surface area contributed by atoms with Gasteiger partial charge in [-0.05, 0) is 97.5 Å². The standard InChI is InChI=1S/C61H63FN8O12/c1-6-61(79)42-23-47-54-39(28-69(47)57(76)41(42)30-80-58(61)77)53-46(21-20-34-32(2)43(62)24-44(68-54)52(34)53)70(48(55(63)74)31-82-60(3,4)5)51(73)27-65-56(75)45(22-33-14-8-7-9-15-33)67-50(72)26-64-49(71)25-66-59(78)81-29-40-37-18-12-10-16-35(37)36-17-11-13-19-38(36)40/h7-19,23-24,40,45-46,48,79H,6,20-22,25-31H2,1-5H3,(H2,63,74)(H,64,71)(H,65,75)(H,66,78)(H,67,72)/t45-,46-,48-,61-/m0/s1. The summed E-state index contributed by atoms with van der Waals surface area (Å²) in [4.78, 5) is 116. The van der Waals surface area contributed by atoms with Crippen LogP contribution in [0.5, 0.6) is 0 Å². The zero-order chi connectivity index (χ0) is 58.4. The third-order valence-electron chi connectivity index (χ3n) is 15.8. The van der Waals surface area contributed by atoms with Gasteiger partial charge in [0.05, 0.1) is 60.4 Å². The molecule has 10 rings (SSSR count). The first-order chi connectivity index (χ1) is 39.2. The molecule has 20 nitrogen and oxygen atoms in total. The van der Waals surface area contributed by atoms with Gasteiger partial charge >= 0.3 is 12.1 Å². The van der Waals surface area contributed by atoms with Crippen LogP contribution in [-0.2, 0) is 74.6 Å². The van der Waals surface area contributed by atoms with Crippen LogP contribution in [0, 0.1) is 12.7 Å². The first-order valence-electron chi connectivity index (χ1n) is 27.2. The number of carbonyl (C=O) groups is 7. The van der Waals surface area contributed by atoms with Gasteiger partial charge in [-0.15, -0.1) is 0 Å². The summed E-state index contributed by atoms with van der Waals surface area (Å²) in [5, 5.41) is 22.3. The summed E-state index contributed by atoms with van der Waals surface area (Å²) in [5.41, 5.74) is 10.1. The molecule has 2 aliphatic heterocycles. The molecule has 0 radical (unpaired) electrons. The van der Waals surface area contributed by atoms with Crippen molar-refractivity contribution >= 4 is 52.5 Å². The monoisotopic (exact) mass is 1120 g/mol. The number of cyclic esters (lactones) is 1. The zero-order valence-electron chi connectivity index (χ0n) is 46.0. The molecule has 6 amide bonds. The number of pyridine rings is 2. The number of nitrogens with zero attached hydrogens (tertiary/aromatic N) is 3. The molecule has 0 unspecified atom stereocenters. The molecule has 2 aromatic heterocycles. The number of halogens is 1. The van der Waals surface area contributed by atoms with Crippen molar-refractivity contribution in [3.63, 3.8) is 0 Å². The number of hydrogen-bond acceptors (Lipinski definition) is 13. The summed E-state index contributed by atoms with van der Waals surface area (Å²) in [6.07, 6.45) is -0.674. The molecule has 4 heterocycles. The van der Waals surface area contributed by atoms with Gasteiger partial charge in [0.2, 0.25) is 29.5 Å². The molecule has 82 heavy (non-hydrogen) atoms. The predicted molar refractivity (Wildman–Crippen MR) is 297 cm³/mol. The highest BCUT2D eigenvalue weighted by Crippen LogP contribution is 2.49. The van der Waals surface area contributed by atoms with E-state index in [1.165, 1.54) is 21.6 Å². The molecule has 7 N–H and O–H groups in total. The number of esters is 1. The topological polar surface area (TPSA) is 280 Å². The number of ether oxygens (including phenoxy) is 3. The van der Waals surface area contributed by atoms with E-state index < -0.39 is 102 Å². The number of alkyl carbamates (subject to hydrolysis) is 1. The lowest BCUT2D eigenvalue weighted by Gasteiger charge is -2.41. The molecule has 6 aromatic rings. The number of primary amides is 1. The quantitative estimate of drug-likeness (QED) is 0.0647. The normalized spacial score (nSPS) is 17.2. The average molecular weight is 1120 g/mol. The molecular weight excluding hydrogens is 1060 g/mol. The molecule has 4 aliphatic rings. The van der Waals surface area contributed by atoms with Crippen LogP contribution in [0.25, 0.3) is 33.4 Å². The largest absolute Gasteiger partial charge is 0.458 e. The van der Waals surface area contributed by atoms with Crippen LogP contribution in [0.3, 0.4) is 0 Å². The Labute approximate surface area is 470 Å². The van der Waals surface area contributed by atoms with Crippen molar-refractivity contribution in [3.05, 3.63) is 157 Å². The lowest BCUT2D eigenvalue weighted by atomic mass is 9.80. The van der Waals surface area contributed by atoms with Crippen molar-refractivity contribution < 1.29 is 57.3 Å². The summed E-state index contributed by atoms with van der Waals surface area (Å²) in [6.45, 7) is 5.81. The molecule has 2 aliphatic carbocycles. The number of benzene rings is 4. The van der Waals surface area contributed by atoms with Crippen molar-refractivity contribution in [1.82, 2.24) is 35.7 Å². The highest BCUT2D eigenvalue weighted by molar-refractivity contribution is 5.97. The van der Waals surface area contributed by atoms with Crippen LogP contribution in [-0.4, -0.2) is 112 Å². The minimum Gasteiger partial charge on any atom is -0.458 e. The second-order valence-electron chi connectivity index (χ2n) is 22.0. The Kier molecular flexibility index (Phi) is 15.6. The summed E-state index contributed by atoms with van der Waals surface area (Å²) in [6, 6.07) is 23.5. The third-order valence-corrected chi connectivity index (χ3v) is 15.8. The maximum atomic E-state index is 15.9. The Morgan fingerprint density at radius 3 is 2.23 bits per heavy atom. The number of nitrogens with one attached hydrogen (secondary N) is 4. The highest BCUT2D eigenvalue weighted by atomic mass is 19.1. The van der Waals surface area contributed by atoms with E-state index in [0.29, 0.717) is 33.2 Å². The number of hydrogen-bond donors (Lipinski definition) is 6. The molecule has 426 valence electrons. The van der Waals surface area contributed by atoms with Crippen molar-refractivity contribution in [2.45, 2.75) is 109 Å². The van der Waals surface area contributed by atoms with E-state index in [1.54, 1.807) is 65.0 Å². The molecule has 4 atom stereocenters. The minimum atomic E-state index is -2.14. The fraction of sp³-hybridized carbons (Fsp3) is 0.361. The SMILES string of the molecule is CC[C@@]1(O)C(=O)OCc2c1cc1n(c2=O)Cc2c-1nc1cc(F)c(C)c3c1c2[C@@H](N(C(=O)CNC(=O)[C@H](Cc1ccccc1)NC(=O)CNC(=O)CNC(=O)OCC1c2ccccc2-c2ccccc21)[C@@H](COC(C)(C)C)C(N)=O)CC3. The number of nitrogens with two attached hydrogens (primary N) is 1. The second kappa shape index (κ2) is 22.6. The van der Waals surface area contributed by atoms with Crippen LogP contribution in [0.4, 0.5) is 9.18 Å². The minimum absolute atomic E-state index is 0.0254. The van der Waals surface area contributed by atoms with E-state index >= 15 is 9.18 Å². The summed E-state index contributed by atoms with van der Waals surface area (Å²) in [7, 11) is 0. The zero-order valence-corrected chi connectivity index (χ0v) is 46.0. The lowest BCUT2D eigenvalue weighted by molar-refractivity contribution is -0.172. The van der Waals surface area contributed by atoms with Gasteiger partial charge in [0, 0.05) is 34.9 Å². The van der Waals surface area contributed by atoms with Gasteiger partial charge in [-0.3, -0.25) is 28.8 Å². The first kappa shape index (κ1) is 56.5. The summed E-state index contributed by atoms with van der Waals surface area (Å²) >= 11 is 0. The maximum Gasteiger partial charge on any atom is 0.407 e. The van der Waals surface area contributed by atoms with Crippen LogP contribution >= 0.6 is 0 Å². The Bertz CT molecular complexity index is 3630. The number of fused-ring (bicyclic) bond motifs is 8. The third kappa shape index (κ3) is 10.8. The average Bonchev–Trinajstić information content (AvgIpc) is 2.71. The van der Waals surface area contributed by atoms with Gasteiger partial charge in [-0.2, -0.15) is 0 Å². The number of rotatable bonds is 18. The predicted octanol–water partition coefficient (Wildman–Crippen LogP) is 4.51. The molecular formula is C61H63FN8O12. The number of amides is 6. The van der Waals surface area contributed by atoms with Crippen molar-refractivity contribution in [2.75, 3.05) is 32.8 Å². The smallest absolute Gasteiger partial charge is 0.407 e. The number of aryl methyl sites for hydroxylation is 1. The van der Waals surface area contributed by atoms with Crippen LogP contribution in [0.2, 0.25) is 0 Å². The summed E-state index contributed by atoms with van der Waals surface area (Å²) < 4.78 is 34.3. The molecule has 0 spiro atoms. The van der Waals surface area contributed by atoms with Gasteiger partial charge in [-0.25, -0.2) is 19.0 Å². The Morgan fingerprint density at radius 1 is 0.890 bits per heavy atom. The van der Waals surface area contributed by atoms with E-state index in [2.05, 4.69) is 21.3 Å². The highest BCUT2D eigenvalue weighted by Gasteiger charge is 2.47. The fourth-order valence-corrected chi connectivity index (χ4v) is 11.7.